The number of ether oxygens (including phenoxy) is 2. The van der Waals surface area contributed by atoms with E-state index in [1.807, 2.05) is 23.7 Å². The van der Waals surface area contributed by atoms with Crippen LogP contribution >= 0.6 is 0 Å². The molecule has 5 nitrogen and oxygen atoms in total. The van der Waals surface area contributed by atoms with Gasteiger partial charge in [0.25, 0.3) is 0 Å². The van der Waals surface area contributed by atoms with E-state index < -0.39 is 0 Å². The normalized spacial score (nSPS) is 12.2. The zero-order valence-electron chi connectivity index (χ0n) is 12.9. The van der Waals surface area contributed by atoms with Crippen LogP contribution in [-0.2, 0) is 13.0 Å². The minimum atomic E-state index is -0.0931. The van der Waals surface area contributed by atoms with Crippen LogP contribution in [-0.4, -0.2) is 24.0 Å². The molecule has 0 aliphatic carbocycles. The Kier molecular flexibility index (Phi) is 5.22. The maximum absolute atomic E-state index is 6.33. The van der Waals surface area contributed by atoms with Gasteiger partial charge in [-0.1, -0.05) is 12.1 Å². The molecule has 0 amide bonds. The average molecular weight is 289 g/mol. The van der Waals surface area contributed by atoms with Crippen molar-refractivity contribution in [1.82, 2.24) is 9.78 Å². The molecule has 114 valence electrons. The third-order valence-corrected chi connectivity index (χ3v) is 3.62. The molecule has 5 heteroatoms. The van der Waals surface area contributed by atoms with Gasteiger partial charge in [0.1, 0.15) is 5.75 Å². The largest absolute Gasteiger partial charge is 0.497 e. The Bertz CT molecular complexity index is 542. The summed E-state index contributed by atoms with van der Waals surface area (Å²) in [7, 11) is 3.32. The van der Waals surface area contributed by atoms with E-state index in [0.717, 1.165) is 36.6 Å². The van der Waals surface area contributed by atoms with Crippen molar-refractivity contribution in [1.29, 1.82) is 0 Å². The number of rotatable bonds is 7. The first-order valence-corrected chi connectivity index (χ1v) is 7.17. The number of methoxy groups -OCH3 is 2. The van der Waals surface area contributed by atoms with Crippen LogP contribution in [0.25, 0.3) is 0 Å². The quantitative estimate of drug-likeness (QED) is 0.851. The summed E-state index contributed by atoms with van der Waals surface area (Å²) in [5.74, 6) is 1.63. The lowest BCUT2D eigenvalue weighted by Crippen LogP contribution is -2.17. The summed E-state index contributed by atoms with van der Waals surface area (Å²) in [5.41, 5.74) is 8.54. The third-order valence-electron chi connectivity index (χ3n) is 3.62. The fraction of sp³-hybridized carbons (Fsp3) is 0.438. The predicted molar refractivity (Wildman–Crippen MR) is 82.7 cm³/mol. The number of hydrogen-bond donors (Lipinski definition) is 1. The van der Waals surface area contributed by atoms with Crippen LogP contribution in [0.4, 0.5) is 0 Å². The molecular weight excluding hydrogens is 266 g/mol. The van der Waals surface area contributed by atoms with Crippen molar-refractivity contribution in [2.75, 3.05) is 14.2 Å². The molecule has 2 N–H and O–H groups in total. The minimum Gasteiger partial charge on any atom is -0.497 e. The molecule has 0 saturated heterocycles. The zero-order valence-corrected chi connectivity index (χ0v) is 12.9. The molecule has 1 aromatic heterocycles. The summed E-state index contributed by atoms with van der Waals surface area (Å²) >= 11 is 0. The standard InChI is InChI=1S/C16H23N3O2/c1-4-19-16(15(21-3)11-18-19)14(17)10-7-12-5-8-13(20-2)9-6-12/h5-6,8-9,11,14H,4,7,10,17H2,1-3H3. The first-order chi connectivity index (χ1) is 10.2. The number of benzene rings is 1. The third kappa shape index (κ3) is 3.55. The molecule has 1 aromatic carbocycles. The molecule has 1 atom stereocenters. The Balaban J connectivity index is 2.03. The average Bonchev–Trinajstić information content (AvgIpc) is 2.96. The van der Waals surface area contributed by atoms with Gasteiger partial charge in [-0.25, -0.2) is 0 Å². The van der Waals surface area contributed by atoms with Crippen molar-refractivity contribution in [3.05, 3.63) is 41.7 Å². The molecule has 2 aromatic rings. The maximum atomic E-state index is 6.33. The predicted octanol–water partition coefficient (Wildman–Crippen LogP) is 2.55. The molecule has 0 aliphatic rings. The molecular formula is C16H23N3O2. The first kappa shape index (κ1) is 15.4. The topological polar surface area (TPSA) is 62.3 Å². The molecule has 1 unspecified atom stereocenters. The molecule has 0 bridgehead atoms. The highest BCUT2D eigenvalue weighted by molar-refractivity contribution is 5.30. The molecule has 0 fully saturated rings. The number of aromatic nitrogens is 2. The van der Waals surface area contributed by atoms with Crippen LogP contribution in [0.1, 0.15) is 30.6 Å². The van der Waals surface area contributed by atoms with Crippen LogP contribution in [0.15, 0.2) is 30.5 Å². The Morgan fingerprint density at radius 2 is 1.90 bits per heavy atom. The van der Waals surface area contributed by atoms with Gasteiger partial charge in [0.05, 0.1) is 32.2 Å². The Hall–Kier alpha value is -2.01. The summed E-state index contributed by atoms with van der Waals surface area (Å²) in [5, 5.41) is 4.30. The lowest BCUT2D eigenvalue weighted by atomic mass is 10.0. The summed E-state index contributed by atoms with van der Waals surface area (Å²) in [6, 6.07) is 7.99. The van der Waals surface area contributed by atoms with Crippen molar-refractivity contribution < 1.29 is 9.47 Å². The summed E-state index contributed by atoms with van der Waals surface area (Å²) < 4.78 is 12.4. The van der Waals surface area contributed by atoms with E-state index in [1.165, 1.54) is 5.56 Å². The van der Waals surface area contributed by atoms with Crippen molar-refractivity contribution >= 4 is 0 Å². The van der Waals surface area contributed by atoms with Gasteiger partial charge in [0.15, 0.2) is 5.75 Å². The number of nitrogens with two attached hydrogens (primary N) is 1. The second kappa shape index (κ2) is 7.13. The van der Waals surface area contributed by atoms with Gasteiger partial charge in [-0.3, -0.25) is 4.68 Å². The number of hydrogen-bond acceptors (Lipinski definition) is 4. The molecule has 0 radical (unpaired) electrons. The molecule has 1 heterocycles. The van der Waals surface area contributed by atoms with E-state index in [-0.39, 0.29) is 6.04 Å². The van der Waals surface area contributed by atoms with Crippen LogP contribution in [0, 0.1) is 0 Å². The summed E-state index contributed by atoms with van der Waals surface area (Å²) in [6.07, 6.45) is 3.48. The van der Waals surface area contributed by atoms with Gasteiger partial charge in [-0.2, -0.15) is 5.10 Å². The van der Waals surface area contributed by atoms with E-state index in [4.69, 9.17) is 15.2 Å². The van der Waals surface area contributed by atoms with Crippen LogP contribution in [0.2, 0.25) is 0 Å². The number of nitrogens with zero attached hydrogens (tertiary/aromatic N) is 2. The van der Waals surface area contributed by atoms with Gasteiger partial charge < -0.3 is 15.2 Å². The lowest BCUT2D eigenvalue weighted by molar-refractivity contribution is 0.399. The molecule has 0 aliphatic heterocycles. The first-order valence-electron chi connectivity index (χ1n) is 7.17. The van der Waals surface area contributed by atoms with Gasteiger partial charge in [-0.15, -0.1) is 0 Å². The monoisotopic (exact) mass is 289 g/mol. The minimum absolute atomic E-state index is 0.0931. The molecule has 21 heavy (non-hydrogen) atoms. The molecule has 0 spiro atoms. The Morgan fingerprint density at radius 1 is 1.19 bits per heavy atom. The number of aryl methyl sites for hydroxylation is 2. The Morgan fingerprint density at radius 3 is 2.48 bits per heavy atom. The van der Waals surface area contributed by atoms with E-state index in [0.29, 0.717) is 0 Å². The second-order valence-electron chi connectivity index (χ2n) is 4.91. The second-order valence-corrected chi connectivity index (χ2v) is 4.91. The van der Waals surface area contributed by atoms with Gasteiger partial charge in [-0.05, 0) is 37.5 Å². The smallest absolute Gasteiger partial charge is 0.161 e. The summed E-state index contributed by atoms with van der Waals surface area (Å²) in [4.78, 5) is 0. The van der Waals surface area contributed by atoms with Crippen LogP contribution < -0.4 is 15.2 Å². The van der Waals surface area contributed by atoms with E-state index >= 15 is 0 Å². The van der Waals surface area contributed by atoms with Crippen molar-refractivity contribution in [2.24, 2.45) is 5.73 Å². The SMILES string of the molecule is CCn1ncc(OC)c1C(N)CCc1ccc(OC)cc1. The van der Waals surface area contributed by atoms with E-state index in [2.05, 4.69) is 17.2 Å². The van der Waals surface area contributed by atoms with E-state index in [9.17, 15) is 0 Å². The van der Waals surface area contributed by atoms with Crippen LogP contribution in [0.5, 0.6) is 11.5 Å². The van der Waals surface area contributed by atoms with Gasteiger partial charge in [0, 0.05) is 6.54 Å². The Labute approximate surface area is 125 Å². The highest BCUT2D eigenvalue weighted by Gasteiger charge is 2.17. The summed E-state index contributed by atoms with van der Waals surface area (Å²) in [6.45, 7) is 2.83. The van der Waals surface area contributed by atoms with Gasteiger partial charge >= 0.3 is 0 Å². The fourth-order valence-corrected chi connectivity index (χ4v) is 2.41. The van der Waals surface area contributed by atoms with Crippen molar-refractivity contribution in [3.8, 4) is 11.5 Å². The van der Waals surface area contributed by atoms with E-state index in [1.54, 1.807) is 20.4 Å². The van der Waals surface area contributed by atoms with Crippen LogP contribution in [0.3, 0.4) is 0 Å². The molecule has 2 rings (SSSR count). The maximum Gasteiger partial charge on any atom is 0.161 e. The van der Waals surface area contributed by atoms with Gasteiger partial charge in [0.2, 0.25) is 0 Å². The highest BCUT2D eigenvalue weighted by Crippen LogP contribution is 2.26. The van der Waals surface area contributed by atoms with Crippen molar-refractivity contribution in [2.45, 2.75) is 32.4 Å². The lowest BCUT2D eigenvalue weighted by Gasteiger charge is -2.15. The fourth-order valence-electron chi connectivity index (χ4n) is 2.41. The van der Waals surface area contributed by atoms with Crippen molar-refractivity contribution in [3.63, 3.8) is 0 Å². The zero-order chi connectivity index (χ0) is 15.2. The molecule has 0 saturated carbocycles. The highest BCUT2D eigenvalue weighted by atomic mass is 16.5.